The molecule has 7 heteroatoms. The van der Waals surface area contributed by atoms with Crippen molar-refractivity contribution in [2.45, 2.75) is 25.1 Å². The molecular formula is C13H15N3O4. The number of amides is 1. The van der Waals surface area contributed by atoms with E-state index in [0.29, 0.717) is 12.6 Å². The van der Waals surface area contributed by atoms with Crippen molar-refractivity contribution in [3.05, 3.63) is 39.9 Å². The molecule has 2 aliphatic rings. The third kappa shape index (κ3) is 2.44. The molecule has 2 bridgehead atoms. The molecule has 1 N–H and O–H groups in total. The Labute approximate surface area is 115 Å². The van der Waals surface area contributed by atoms with Gasteiger partial charge in [0.05, 0.1) is 4.92 Å². The first kappa shape index (κ1) is 12.9. The zero-order valence-electron chi connectivity index (χ0n) is 10.8. The highest BCUT2D eigenvalue weighted by Crippen LogP contribution is 2.24. The smallest absolute Gasteiger partial charge is 0.410 e. The standard InChI is InChI=1S/C13H15N3O4/c17-13(15-7-10-5-12(15)6-14-10)20-8-9-1-3-11(4-2-9)16(18)19/h1-4,10,12,14H,5-8H2/t10-,12-/m0/s1. The van der Waals surface area contributed by atoms with Crippen LogP contribution in [0.5, 0.6) is 0 Å². The number of hydrogen-bond acceptors (Lipinski definition) is 5. The summed E-state index contributed by atoms with van der Waals surface area (Å²) in [4.78, 5) is 23.8. The fourth-order valence-corrected chi connectivity index (χ4v) is 2.73. The van der Waals surface area contributed by atoms with Crippen molar-refractivity contribution >= 4 is 11.8 Å². The van der Waals surface area contributed by atoms with Crippen LogP contribution in [-0.4, -0.2) is 41.1 Å². The molecule has 3 rings (SSSR count). The van der Waals surface area contributed by atoms with Crippen molar-refractivity contribution in [1.29, 1.82) is 0 Å². The molecule has 106 valence electrons. The average Bonchev–Trinajstić information content (AvgIpc) is 3.08. The summed E-state index contributed by atoms with van der Waals surface area (Å²) in [5, 5.41) is 13.9. The Morgan fingerprint density at radius 3 is 2.75 bits per heavy atom. The van der Waals surface area contributed by atoms with Gasteiger partial charge in [-0.2, -0.15) is 0 Å². The summed E-state index contributed by atoms with van der Waals surface area (Å²) in [6.45, 7) is 1.67. The number of nitro benzene ring substituents is 1. The number of hydrogen-bond donors (Lipinski definition) is 1. The summed E-state index contributed by atoms with van der Waals surface area (Å²) < 4.78 is 5.25. The van der Waals surface area contributed by atoms with Crippen LogP contribution in [0, 0.1) is 10.1 Å². The van der Waals surface area contributed by atoms with Gasteiger partial charge in [0.15, 0.2) is 0 Å². The molecule has 0 unspecified atom stereocenters. The van der Waals surface area contributed by atoms with E-state index in [1.54, 1.807) is 17.0 Å². The van der Waals surface area contributed by atoms with E-state index in [0.717, 1.165) is 18.5 Å². The zero-order valence-corrected chi connectivity index (χ0v) is 10.8. The first-order chi connectivity index (χ1) is 9.63. The Balaban J connectivity index is 1.54. The highest BCUT2D eigenvalue weighted by atomic mass is 16.6. The maximum atomic E-state index is 12.0. The molecule has 2 heterocycles. The molecule has 2 atom stereocenters. The van der Waals surface area contributed by atoms with Crippen LogP contribution in [0.25, 0.3) is 0 Å². The topological polar surface area (TPSA) is 84.7 Å². The predicted molar refractivity (Wildman–Crippen MR) is 70.2 cm³/mol. The summed E-state index contributed by atoms with van der Waals surface area (Å²) in [7, 11) is 0. The summed E-state index contributed by atoms with van der Waals surface area (Å²) in [6, 6.07) is 6.65. The Morgan fingerprint density at radius 1 is 1.45 bits per heavy atom. The molecule has 0 saturated carbocycles. The fourth-order valence-electron chi connectivity index (χ4n) is 2.73. The van der Waals surface area contributed by atoms with E-state index in [1.807, 2.05) is 0 Å². The molecule has 2 saturated heterocycles. The van der Waals surface area contributed by atoms with Crippen LogP contribution in [-0.2, 0) is 11.3 Å². The van der Waals surface area contributed by atoms with Gasteiger partial charge in [-0.15, -0.1) is 0 Å². The van der Waals surface area contributed by atoms with Gasteiger partial charge in [-0.1, -0.05) is 0 Å². The molecule has 0 aromatic heterocycles. The number of nitrogens with zero attached hydrogens (tertiary/aromatic N) is 2. The fraction of sp³-hybridized carbons (Fsp3) is 0.462. The highest BCUT2D eigenvalue weighted by Gasteiger charge is 2.40. The quantitative estimate of drug-likeness (QED) is 0.664. The summed E-state index contributed by atoms with van der Waals surface area (Å²) >= 11 is 0. The Kier molecular flexibility index (Phi) is 3.27. The lowest BCUT2D eigenvalue weighted by atomic mass is 10.2. The van der Waals surface area contributed by atoms with Crippen LogP contribution < -0.4 is 5.32 Å². The molecule has 20 heavy (non-hydrogen) atoms. The number of ether oxygens (including phenoxy) is 1. The number of carbonyl (C=O) groups excluding carboxylic acids is 1. The Hall–Kier alpha value is -2.15. The van der Waals surface area contributed by atoms with Crippen LogP contribution in [0.3, 0.4) is 0 Å². The number of carbonyl (C=O) groups is 1. The second-order valence-electron chi connectivity index (χ2n) is 5.13. The number of rotatable bonds is 3. The molecule has 0 radical (unpaired) electrons. The zero-order chi connectivity index (χ0) is 14.1. The molecule has 2 aliphatic heterocycles. The molecule has 1 amide bonds. The van der Waals surface area contributed by atoms with E-state index in [4.69, 9.17) is 4.74 Å². The van der Waals surface area contributed by atoms with Crippen LogP contribution >= 0.6 is 0 Å². The Morgan fingerprint density at radius 2 is 2.20 bits per heavy atom. The van der Waals surface area contributed by atoms with Crippen molar-refractivity contribution in [2.24, 2.45) is 0 Å². The van der Waals surface area contributed by atoms with Gasteiger partial charge in [0.25, 0.3) is 5.69 Å². The molecular weight excluding hydrogens is 262 g/mol. The largest absolute Gasteiger partial charge is 0.445 e. The van der Waals surface area contributed by atoms with Gasteiger partial charge in [-0.25, -0.2) is 4.79 Å². The molecule has 0 aliphatic carbocycles. The van der Waals surface area contributed by atoms with Crippen molar-refractivity contribution in [3.63, 3.8) is 0 Å². The van der Waals surface area contributed by atoms with Gasteiger partial charge in [0.2, 0.25) is 0 Å². The summed E-state index contributed by atoms with van der Waals surface area (Å²) in [6.07, 6.45) is 0.685. The van der Waals surface area contributed by atoms with E-state index < -0.39 is 4.92 Å². The number of benzene rings is 1. The number of non-ortho nitro benzene ring substituents is 1. The lowest BCUT2D eigenvalue weighted by molar-refractivity contribution is -0.384. The average molecular weight is 277 g/mol. The highest BCUT2D eigenvalue weighted by molar-refractivity contribution is 5.69. The van der Waals surface area contributed by atoms with E-state index in [9.17, 15) is 14.9 Å². The molecule has 2 fully saturated rings. The van der Waals surface area contributed by atoms with Gasteiger partial charge in [0.1, 0.15) is 6.61 Å². The minimum atomic E-state index is -0.455. The maximum Gasteiger partial charge on any atom is 0.410 e. The maximum absolute atomic E-state index is 12.0. The molecule has 7 nitrogen and oxygen atoms in total. The van der Waals surface area contributed by atoms with Crippen LogP contribution in [0.4, 0.5) is 10.5 Å². The summed E-state index contributed by atoms with van der Waals surface area (Å²) in [5.74, 6) is 0. The second kappa shape index (κ2) is 5.09. The van der Waals surface area contributed by atoms with Gasteiger partial charge in [-0.05, 0) is 24.1 Å². The number of fused-ring (bicyclic) bond motifs is 2. The minimum absolute atomic E-state index is 0.0306. The number of nitro groups is 1. The van der Waals surface area contributed by atoms with Crippen molar-refractivity contribution < 1.29 is 14.5 Å². The monoisotopic (exact) mass is 277 g/mol. The molecule has 1 aromatic carbocycles. The van der Waals surface area contributed by atoms with E-state index in [2.05, 4.69) is 5.32 Å². The van der Waals surface area contributed by atoms with Crippen molar-refractivity contribution in [1.82, 2.24) is 10.2 Å². The van der Waals surface area contributed by atoms with Crippen molar-refractivity contribution in [2.75, 3.05) is 13.1 Å². The third-order valence-corrected chi connectivity index (χ3v) is 3.80. The van der Waals surface area contributed by atoms with Crippen molar-refractivity contribution in [3.8, 4) is 0 Å². The van der Waals surface area contributed by atoms with Gasteiger partial charge in [0, 0.05) is 37.3 Å². The second-order valence-corrected chi connectivity index (χ2v) is 5.13. The predicted octanol–water partition coefficient (Wildman–Crippen LogP) is 1.28. The first-order valence-corrected chi connectivity index (χ1v) is 6.53. The summed E-state index contributed by atoms with van der Waals surface area (Å²) in [5.41, 5.74) is 0.773. The van der Waals surface area contributed by atoms with Crippen LogP contribution in [0.1, 0.15) is 12.0 Å². The molecule has 1 aromatic rings. The number of likely N-dealkylation sites (tertiary alicyclic amines) is 1. The molecule has 0 spiro atoms. The van der Waals surface area contributed by atoms with E-state index >= 15 is 0 Å². The lowest BCUT2D eigenvalue weighted by Crippen LogP contribution is -2.46. The van der Waals surface area contributed by atoms with E-state index in [-0.39, 0.29) is 24.4 Å². The third-order valence-electron chi connectivity index (χ3n) is 3.80. The van der Waals surface area contributed by atoms with Gasteiger partial charge < -0.3 is 15.0 Å². The minimum Gasteiger partial charge on any atom is -0.445 e. The first-order valence-electron chi connectivity index (χ1n) is 6.53. The number of nitrogens with one attached hydrogen (secondary N) is 1. The normalized spacial score (nSPS) is 23.9. The van der Waals surface area contributed by atoms with E-state index in [1.165, 1.54) is 12.1 Å². The van der Waals surface area contributed by atoms with Crippen LogP contribution in [0.15, 0.2) is 24.3 Å². The van der Waals surface area contributed by atoms with Crippen LogP contribution in [0.2, 0.25) is 0 Å². The Bertz CT molecular complexity index is 531. The number of piperazine rings is 1. The van der Waals surface area contributed by atoms with Gasteiger partial charge >= 0.3 is 6.09 Å². The lowest BCUT2D eigenvalue weighted by Gasteiger charge is -2.26. The SMILES string of the molecule is O=C(OCc1ccc([N+](=O)[O-])cc1)N1C[C@@H]2C[C@H]1CN2. The van der Waals surface area contributed by atoms with Gasteiger partial charge in [-0.3, -0.25) is 10.1 Å².